The maximum absolute atomic E-state index is 5.71. The Labute approximate surface area is 135 Å². The molecule has 1 rings (SSSR count). The van der Waals surface area contributed by atoms with Crippen LogP contribution in [0.1, 0.15) is 52.4 Å². The van der Waals surface area contributed by atoms with Crippen LogP contribution in [0.25, 0.3) is 0 Å². The molecular weight excluding hydrogens is 272 g/mol. The number of unbranched alkanes of at least 4 members (excludes halogenated alkanes) is 2. The maximum atomic E-state index is 5.71. The third-order valence-corrected chi connectivity index (χ3v) is 3.20. The third-order valence-electron chi connectivity index (χ3n) is 3.20. The molecule has 0 bridgehead atoms. The molecule has 0 spiro atoms. The van der Waals surface area contributed by atoms with Crippen LogP contribution >= 0.6 is 0 Å². The van der Waals surface area contributed by atoms with E-state index in [1.165, 1.54) is 0 Å². The first-order valence-corrected chi connectivity index (χ1v) is 8.52. The van der Waals surface area contributed by atoms with Crippen LogP contribution in [-0.2, 0) is 0 Å². The van der Waals surface area contributed by atoms with Gasteiger partial charge in [-0.2, -0.15) is 0 Å². The second-order valence-corrected chi connectivity index (χ2v) is 5.21. The highest BCUT2D eigenvalue weighted by atomic mass is 16.5. The van der Waals surface area contributed by atoms with E-state index in [-0.39, 0.29) is 0 Å². The number of allylic oxidation sites excluding steroid dienone is 4. The molecule has 0 radical (unpaired) electrons. The number of hydrogen-bond acceptors (Lipinski definition) is 2. The Kier molecular flexibility index (Phi) is 10.8. The van der Waals surface area contributed by atoms with Crippen LogP contribution in [0.2, 0.25) is 0 Å². The molecule has 1 aromatic rings. The van der Waals surface area contributed by atoms with E-state index < -0.39 is 0 Å². The Morgan fingerprint density at radius 2 is 1.09 bits per heavy atom. The van der Waals surface area contributed by atoms with E-state index in [4.69, 9.17) is 9.47 Å². The second-order valence-electron chi connectivity index (χ2n) is 5.21. The van der Waals surface area contributed by atoms with Crippen molar-refractivity contribution in [2.24, 2.45) is 0 Å². The Morgan fingerprint density at radius 3 is 1.45 bits per heavy atom. The third kappa shape index (κ3) is 9.28. The first kappa shape index (κ1) is 18.3. The van der Waals surface area contributed by atoms with Crippen molar-refractivity contribution in [3.8, 4) is 11.5 Å². The molecule has 0 N–H and O–H groups in total. The summed E-state index contributed by atoms with van der Waals surface area (Å²) < 4.78 is 11.4. The monoisotopic (exact) mass is 302 g/mol. The van der Waals surface area contributed by atoms with E-state index in [9.17, 15) is 0 Å². The van der Waals surface area contributed by atoms with Gasteiger partial charge < -0.3 is 9.47 Å². The molecule has 0 aliphatic rings. The van der Waals surface area contributed by atoms with Crippen molar-refractivity contribution in [2.45, 2.75) is 52.4 Å². The highest BCUT2D eigenvalue weighted by molar-refractivity contribution is 5.31. The van der Waals surface area contributed by atoms with Crippen molar-refractivity contribution in [2.75, 3.05) is 13.2 Å². The van der Waals surface area contributed by atoms with Gasteiger partial charge in [0.2, 0.25) is 0 Å². The molecule has 0 amide bonds. The van der Waals surface area contributed by atoms with E-state index in [2.05, 4.69) is 38.2 Å². The first-order chi connectivity index (χ1) is 10.9. The summed E-state index contributed by atoms with van der Waals surface area (Å²) >= 11 is 0. The molecule has 1 aromatic carbocycles. The van der Waals surface area contributed by atoms with E-state index in [1.807, 2.05) is 24.3 Å². The SMILES string of the molecule is CCC=CCCCOc1ccc(OCCCC=CCC)cc1. The molecule has 0 saturated carbocycles. The molecule has 22 heavy (non-hydrogen) atoms. The number of hydrogen-bond donors (Lipinski definition) is 0. The Balaban J connectivity index is 2.14. The fourth-order valence-electron chi connectivity index (χ4n) is 1.98. The van der Waals surface area contributed by atoms with Crippen LogP contribution in [0, 0.1) is 0 Å². The van der Waals surface area contributed by atoms with Gasteiger partial charge in [0.25, 0.3) is 0 Å². The Bertz CT molecular complexity index is 377. The number of benzene rings is 1. The van der Waals surface area contributed by atoms with Crippen molar-refractivity contribution in [1.82, 2.24) is 0 Å². The van der Waals surface area contributed by atoms with E-state index >= 15 is 0 Å². The summed E-state index contributed by atoms with van der Waals surface area (Å²) in [7, 11) is 0. The lowest BCUT2D eigenvalue weighted by molar-refractivity contribution is 0.303. The average molecular weight is 302 g/mol. The molecule has 0 unspecified atom stereocenters. The van der Waals surface area contributed by atoms with E-state index in [0.29, 0.717) is 0 Å². The van der Waals surface area contributed by atoms with E-state index in [0.717, 1.165) is 63.2 Å². The van der Waals surface area contributed by atoms with Crippen molar-refractivity contribution >= 4 is 0 Å². The maximum Gasteiger partial charge on any atom is 0.119 e. The largest absolute Gasteiger partial charge is 0.494 e. The van der Waals surface area contributed by atoms with Crippen molar-refractivity contribution in [3.05, 3.63) is 48.6 Å². The van der Waals surface area contributed by atoms with Gasteiger partial charge in [0.05, 0.1) is 13.2 Å². The van der Waals surface area contributed by atoms with Gasteiger partial charge in [-0.15, -0.1) is 0 Å². The molecule has 122 valence electrons. The zero-order valence-electron chi connectivity index (χ0n) is 14.1. The average Bonchev–Trinajstić information content (AvgIpc) is 2.55. The van der Waals surface area contributed by atoms with Gasteiger partial charge in [0.1, 0.15) is 11.5 Å². The quantitative estimate of drug-likeness (QED) is 0.351. The Morgan fingerprint density at radius 1 is 0.682 bits per heavy atom. The highest BCUT2D eigenvalue weighted by Crippen LogP contribution is 2.18. The standard InChI is InChI=1S/C20H30O2/c1-3-5-7-9-11-17-21-19-13-15-20(16-14-19)22-18-12-10-8-6-4-2/h5-8,13-16H,3-4,9-12,17-18H2,1-2H3. The number of ether oxygens (including phenoxy) is 2. The van der Waals surface area contributed by atoms with E-state index in [1.54, 1.807) is 0 Å². The molecule has 0 heterocycles. The first-order valence-electron chi connectivity index (χ1n) is 8.52. The van der Waals surface area contributed by atoms with Crippen LogP contribution in [-0.4, -0.2) is 13.2 Å². The minimum Gasteiger partial charge on any atom is -0.494 e. The van der Waals surface area contributed by atoms with Gasteiger partial charge in [-0.1, -0.05) is 38.2 Å². The summed E-state index contributed by atoms with van der Waals surface area (Å²) in [4.78, 5) is 0. The van der Waals surface area contributed by atoms with Crippen molar-refractivity contribution in [3.63, 3.8) is 0 Å². The predicted molar refractivity (Wildman–Crippen MR) is 94.8 cm³/mol. The van der Waals surface area contributed by atoms with Crippen molar-refractivity contribution < 1.29 is 9.47 Å². The lowest BCUT2D eigenvalue weighted by Crippen LogP contribution is -1.98. The normalized spacial score (nSPS) is 11.4. The fraction of sp³-hybridized carbons (Fsp3) is 0.500. The Hall–Kier alpha value is -1.70. The molecule has 0 aliphatic heterocycles. The molecule has 0 fully saturated rings. The summed E-state index contributed by atoms with van der Waals surface area (Å²) in [6.07, 6.45) is 15.3. The lowest BCUT2D eigenvalue weighted by atomic mass is 10.2. The summed E-state index contributed by atoms with van der Waals surface area (Å²) in [6.45, 7) is 5.83. The molecule has 0 aromatic heterocycles. The van der Waals surface area contributed by atoms with Gasteiger partial charge in [-0.05, 0) is 62.8 Å². The molecule has 0 saturated heterocycles. The molecule has 2 heteroatoms. The summed E-state index contributed by atoms with van der Waals surface area (Å²) in [5, 5.41) is 0. The smallest absolute Gasteiger partial charge is 0.119 e. The minimum atomic E-state index is 0.762. The fourth-order valence-corrected chi connectivity index (χ4v) is 1.98. The second kappa shape index (κ2) is 13.0. The summed E-state index contributed by atoms with van der Waals surface area (Å²) in [5.74, 6) is 1.83. The van der Waals surface area contributed by atoms with Gasteiger partial charge >= 0.3 is 0 Å². The van der Waals surface area contributed by atoms with Gasteiger partial charge in [0, 0.05) is 0 Å². The van der Waals surface area contributed by atoms with Crippen LogP contribution in [0.15, 0.2) is 48.6 Å². The van der Waals surface area contributed by atoms with Crippen LogP contribution < -0.4 is 9.47 Å². The van der Waals surface area contributed by atoms with Gasteiger partial charge in [0.15, 0.2) is 0 Å². The van der Waals surface area contributed by atoms with Crippen LogP contribution in [0.5, 0.6) is 11.5 Å². The molecule has 0 aliphatic carbocycles. The van der Waals surface area contributed by atoms with Crippen LogP contribution in [0.4, 0.5) is 0 Å². The van der Waals surface area contributed by atoms with Gasteiger partial charge in [-0.3, -0.25) is 0 Å². The highest BCUT2D eigenvalue weighted by Gasteiger charge is 1.96. The predicted octanol–water partition coefficient (Wildman–Crippen LogP) is 5.94. The zero-order valence-corrected chi connectivity index (χ0v) is 14.1. The summed E-state index contributed by atoms with van der Waals surface area (Å²) in [6, 6.07) is 7.92. The lowest BCUT2D eigenvalue weighted by Gasteiger charge is -2.08. The van der Waals surface area contributed by atoms with Crippen LogP contribution in [0.3, 0.4) is 0 Å². The molecule has 2 nitrogen and oxygen atoms in total. The van der Waals surface area contributed by atoms with Gasteiger partial charge in [-0.25, -0.2) is 0 Å². The van der Waals surface area contributed by atoms with Crippen molar-refractivity contribution in [1.29, 1.82) is 0 Å². The zero-order chi connectivity index (χ0) is 15.9. The summed E-state index contributed by atoms with van der Waals surface area (Å²) in [5.41, 5.74) is 0. The minimum absolute atomic E-state index is 0.762. The topological polar surface area (TPSA) is 18.5 Å². The molecular formula is C20H30O2. The number of rotatable bonds is 12. The molecule has 0 atom stereocenters.